The summed E-state index contributed by atoms with van der Waals surface area (Å²) in [5, 5.41) is 18.6. The molecule has 0 saturated carbocycles. The molecule has 1 aromatic carbocycles. The van der Waals surface area contributed by atoms with Gasteiger partial charge in [-0.3, -0.25) is 9.48 Å². The van der Waals surface area contributed by atoms with Crippen molar-refractivity contribution in [1.29, 1.82) is 0 Å². The Kier molecular flexibility index (Phi) is 4.05. The molecule has 25 heavy (non-hydrogen) atoms. The van der Waals surface area contributed by atoms with Gasteiger partial charge in [0.1, 0.15) is 0 Å². The standard InChI is InChI=1S/C18H23N5O2/c19-7-10-23-12-15(20-21-23)17(25)22-8-5-18(6-9-22)14-4-2-1-3-13(14)11-16(18)24/h1-4,12,16,24H,5-11,19H2/t16-/m1/s1. The predicted octanol–water partition coefficient (Wildman–Crippen LogP) is 0.328. The van der Waals surface area contributed by atoms with Crippen LogP contribution in [0.4, 0.5) is 0 Å². The first-order chi connectivity index (χ1) is 12.1. The van der Waals surface area contributed by atoms with Gasteiger partial charge < -0.3 is 15.7 Å². The van der Waals surface area contributed by atoms with Crippen LogP contribution in [0.5, 0.6) is 0 Å². The average molecular weight is 341 g/mol. The lowest BCUT2D eigenvalue weighted by Crippen LogP contribution is -2.49. The number of nitrogens with zero attached hydrogens (tertiary/aromatic N) is 4. The van der Waals surface area contributed by atoms with Crippen molar-refractivity contribution in [2.75, 3.05) is 19.6 Å². The zero-order valence-corrected chi connectivity index (χ0v) is 14.1. The number of piperidine rings is 1. The summed E-state index contributed by atoms with van der Waals surface area (Å²) >= 11 is 0. The highest BCUT2D eigenvalue weighted by Gasteiger charge is 2.48. The summed E-state index contributed by atoms with van der Waals surface area (Å²) < 4.78 is 1.59. The van der Waals surface area contributed by atoms with Crippen molar-refractivity contribution in [3.8, 4) is 0 Å². The van der Waals surface area contributed by atoms with Crippen LogP contribution in [0.2, 0.25) is 0 Å². The molecule has 1 aromatic heterocycles. The highest BCUT2D eigenvalue weighted by atomic mass is 16.3. The maximum absolute atomic E-state index is 12.7. The lowest BCUT2D eigenvalue weighted by molar-refractivity contribution is 0.0362. The van der Waals surface area contributed by atoms with Gasteiger partial charge in [0.25, 0.3) is 5.91 Å². The monoisotopic (exact) mass is 341 g/mol. The number of hydrogen-bond donors (Lipinski definition) is 2. The number of benzene rings is 1. The number of carbonyl (C=O) groups excluding carboxylic acids is 1. The third kappa shape index (κ3) is 2.63. The van der Waals surface area contributed by atoms with E-state index in [4.69, 9.17) is 5.73 Å². The number of nitrogens with two attached hydrogens (primary N) is 1. The summed E-state index contributed by atoms with van der Waals surface area (Å²) in [5.74, 6) is -0.0982. The Bertz CT molecular complexity index is 779. The number of amides is 1. The van der Waals surface area contributed by atoms with E-state index in [-0.39, 0.29) is 17.4 Å². The molecular weight excluding hydrogens is 318 g/mol. The zero-order chi connectivity index (χ0) is 17.4. The number of aliphatic hydroxyl groups excluding tert-OH is 1. The highest BCUT2D eigenvalue weighted by Crippen LogP contribution is 2.46. The molecule has 0 radical (unpaired) electrons. The molecule has 2 heterocycles. The maximum Gasteiger partial charge on any atom is 0.276 e. The van der Waals surface area contributed by atoms with Crippen molar-refractivity contribution in [1.82, 2.24) is 19.9 Å². The van der Waals surface area contributed by atoms with Crippen molar-refractivity contribution in [2.45, 2.75) is 37.3 Å². The summed E-state index contributed by atoms with van der Waals surface area (Å²) in [4.78, 5) is 14.5. The number of fused-ring (bicyclic) bond motifs is 2. The molecule has 0 unspecified atom stereocenters. The number of aromatic nitrogens is 3. The van der Waals surface area contributed by atoms with Crippen LogP contribution in [0.1, 0.15) is 34.5 Å². The van der Waals surface area contributed by atoms with E-state index in [1.807, 2.05) is 17.0 Å². The molecule has 1 atom stereocenters. The number of likely N-dealkylation sites (tertiary alicyclic amines) is 1. The third-order valence-corrected chi connectivity index (χ3v) is 5.66. The van der Waals surface area contributed by atoms with Gasteiger partial charge in [-0.15, -0.1) is 5.10 Å². The van der Waals surface area contributed by atoms with Crippen LogP contribution in [0.15, 0.2) is 30.5 Å². The van der Waals surface area contributed by atoms with E-state index in [1.165, 1.54) is 11.1 Å². The Balaban J connectivity index is 1.49. The molecule has 4 rings (SSSR count). The minimum atomic E-state index is -0.368. The SMILES string of the molecule is NCCn1cc(C(=O)N2CCC3(CC2)c2ccccc2C[C@H]3O)nn1. The molecule has 1 fully saturated rings. The summed E-state index contributed by atoms with van der Waals surface area (Å²) in [6, 6.07) is 8.28. The van der Waals surface area contributed by atoms with E-state index in [0.717, 1.165) is 12.8 Å². The van der Waals surface area contributed by atoms with Gasteiger partial charge in [-0.1, -0.05) is 29.5 Å². The minimum Gasteiger partial charge on any atom is -0.392 e. The Hall–Kier alpha value is -2.25. The third-order valence-electron chi connectivity index (χ3n) is 5.66. The fourth-order valence-corrected chi connectivity index (χ4v) is 4.28. The molecule has 2 aromatic rings. The van der Waals surface area contributed by atoms with Crippen LogP contribution in [0.25, 0.3) is 0 Å². The van der Waals surface area contributed by atoms with Gasteiger partial charge in [0, 0.05) is 25.0 Å². The molecule has 1 aliphatic heterocycles. The zero-order valence-electron chi connectivity index (χ0n) is 14.1. The number of carbonyl (C=O) groups is 1. The fourth-order valence-electron chi connectivity index (χ4n) is 4.28. The molecule has 132 valence electrons. The van der Waals surface area contributed by atoms with Crippen molar-refractivity contribution >= 4 is 5.91 Å². The van der Waals surface area contributed by atoms with Crippen LogP contribution in [0.3, 0.4) is 0 Å². The van der Waals surface area contributed by atoms with E-state index < -0.39 is 0 Å². The number of hydrogen-bond acceptors (Lipinski definition) is 5. The molecular formula is C18H23N5O2. The van der Waals surface area contributed by atoms with Crippen molar-refractivity contribution < 1.29 is 9.90 Å². The summed E-state index contributed by atoms with van der Waals surface area (Å²) in [7, 11) is 0. The van der Waals surface area contributed by atoms with Gasteiger partial charge in [0.15, 0.2) is 5.69 Å². The van der Waals surface area contributed by atoms with Crippen molar-refractivity contribution in [3.05, 3.63) is 47.3 Å². The molecule has 1 aliphatic carbocycles. The topological polar surface area (TPSA) is 97.3 Å². The maximum atomic E-state index is 12.7. The molecule has 1 saturated heterocycles. The van der Waals surface area contributed by atoms with Crippen LogP contribution < -0.4 is 5.73 Å². The normalized spacial score (nSPS) is 21.5. The predicted molar refractivity (Wildman–Crippen MR) is 92.0 cm³/mol. The van der Waals surface area contributed by atoms with E-state index in [9.17, 15) is 9.90 Å². The van der Waals surface area contributed by atoms with Gasteiger partial charge in [0.2, 0.25) is 0 Å². The fraction of sp³-hybridized carbons (Fsp3) is 0.500. The van der Waals surface area contributed by atoms with Crippen molar-refractivity contribution in [3.63, 3.8) is 0 Å². The lowest BCUT2D eigenvalue weighted by Gasteiger charge is -2.42. The average Bonchev–Trinajstić information content (AvgIpc) is 3.20. The summed E-state index contributed by atoms with van der Waals surface area (Å²) in [6.07, 6.45) is 3.53. The first-order valence-electron chi connectivity index (χ1n) is 8.80. The second-order valence-corrected chi connectivity index (χ2v) is 6.98. The Morgan fingerprint density at radius 2 is 2.08 bits per heavy atom. The van der Waals surface area contributed by atoms with Gasteiger partial charge in [0.05, 0.1) is 18.8 Å². The van der Waals surface area contributed by atoms with Gasteiger partial charge >= 0.3 is 0 Å². The summed E-state index contributed by atoms with van der Waals surface area (Å²) in [6.45, 7) is 2.24. The van der Waals surface area contributed by atoms with E-state index in [2.05, 4.69) is 22.4 Å². The largest absolute Gasteiger partial charge is 0.392 e. The van der Waals surface area contributed by atoms with E-state index in [0.29, 0.717) is 38.3 Å². The van der Waals surface area contributed by atoms with E-state index >= 15 is 0 Å². The molecule has 3 N–H and O–H groups in total. The molecule has 7 nitrogen and oxygen atoms in total. The van der Waals surface area contributed by atoms with Crippen LogP contribution >= 0.6 is 0 Å². The Labute approximate surface area is 146 Å². The first-order valence-corrected chi connectivity index (χ1v) is 8.80. The lowest BCUT2D eigenvalue weighted by atomic mass is 9.72. The second-order valence-electron chi connectivity index (χ2n) is 6.98. The molecule has 7 heteroatoms. The van der Waals surface area contributed by atoms with Gasteiger partial charge in [-0.25, -0.2) is 0 Å². The molecule has 1 spiro atoms. The van der Waals surface area contributed by atoms with Gasteiger partial charge in [-0.2, -0.15) is 0 Å². The summed E-state index contributed by atoms with van der Waals surface area (Å²) in [5.41, 5.74) is 8.13. The van der Waals surface area contributed by atoms with Crippen LogP contribution in [0, 0.1) is 0 Å². The van der Waals surface area contributed by atoms with Gasteiger partial charge in [-0.05, 0) is 30.4 Å². The Morgan fingerprint density at radius 1 is 1.32 bits per heavy atom. The van der Waals surface area contributed by atoms with Crippen LogP contribution in [-0.4, -0.2) is 56.6 Å². The smallest absolute Gasteiger partial charge is 0.276 e. The van der Waals surface area contributed by atoms with E-state index in [1.54, 1.807) is 10.9 Å². The quantitative estimate of drug-likeness (QED) is 0.838. The molecule has 2 aliphatic rings. The first kappa shape index (κ1) is 16.2. The number of aliphatic hydroxyl groups is 1. The highest BCUT2D eigenvalue weighted by molar-refractivity contribution is 5.92. The molecule has 0 bridgehead atoms. The molecule has 1 amide bonds. The second kappa shape index (κ2) is 6.24. The van der Waals surface area contributed by atoms with Crippen molar-refractivity contribution in [2.24, 2.45) is 5.73 Å². The number of rotatable bonds is 3. The van der Waals surface area contributed by atoms with Crippen LogP contribution in [-0.2, 0) is 18.4 Å². The Morgan fingerprint density at radius 3 is 2.84 bits per heavy atom. The minimum absolute atomic E-state index is 0.0982.